The van der Waals surface area contributed by atoms with Crippen molar-refractivity contribution in [1.82, 2.24) is 10.3 Å². The number of nitrogens with zero attached hydrogens (tertiary/aromatic N) is 1. The summed E-state index contributed by atoms with van der Waals surface area (Å²) in [6, 6.07) is -0.257. The Kier molecular flexibility index (Phi) is 4.97. The number of carbonyl (C=O) groups excluding carboxylic acids is 1. The van der Waals surface area contributed by atoms with E-state index in [1.165, 1.54) is 11.3 Å². The minimum Gasteiger partial charge on any atom is -0.378 e. The van der Waals surface area contributed by atoms with E-state index in [0.29, 0.717) is 18.3 Å². The molecule has 1 atom stereocenters. The average Bonchev–Trinajstić information content (AvgIpc) is 2.72. The highest BCUT2D eigenvalue weighted by Gasteiger charge is 2.21. The summed E-state index contributed by atoms with van der Waals surface area (Å²) in [7, 11) is 0. The van der Waals surface area contributed by atoms with Crippen LogP contribution in [0.4, 0.5) is 5.13 Å². The smallest absolute Gasteiger partial charge is 0.245 e. The van der Waals surface area contributed by atoms with Gasteiger partial charge >= 0.3 is 0 Å². The van der Waals surface area contributed by atoms with Gasteiger partial charge in [0.15, 0.2) is 5.13 Å². The highest BCUT2D eigenvalue weighted by molar-refractivity contribution is 7.13. The number of amides is 1. The Morgan fingerprint density at radius 2 is 2.60 bits per heavy atom. The molecule has 0 unspecified atom stereocenters. The topological polar surface area (TPSA) is 63.2 Å². The molecule has 0 spiro atoms. The van der Waals surface area contributed by atoms with Gasteiger partial charge in [-0.05, 0) is 0 Å². The van der Waals surface area contributed by atoms with E-state index in [2.05, 4.69) is 15.6 Å². The van der Waals surface area contributed by atoms with Crippen molar-refractivity contribution < 1.29 is 9.53 Å². The molecule has 1 amide bonds. The predicted octanol–water partition coefficient (Wildman–Crippen LogP) is 0.492. The zero-order chi connectivity index (χ0) is 9.80. The average molecular weight is 250 g/mol. The molecule has 0 bridgehead atoms. The van der Waals surface area contributed by atoms with E-state index < -0.39 is 0 Å². The van der Waals surface area contributed by atoms with Crippen LogP contribution in [0.2, 0.25) is 0 Å². The number of ether oxygens (including phenoxy) is 1. The van der Waals surface area contributed by atoms with Crippen LogP contribution >= 0.6 is 23.7 Å². The molecule has 7 heteroatoms. The summed E-state index contributed by atoms with van der Waals surface area (Å²) in [4.78, 5) is 15.5. The van der Waals surface area contributed by atoms with E-state index >= 15 is 0 Å². The van der Waals surface area contributed by atoms with Crippen LogP contribution < -0.4 is 10.6 Å². The summed E-state index contributed by atoms with van der Waals surface area (Å²) in [6.07, 6.45) is 1.66. The maximum absolute atomic E-state index is 11.6. The maximum atomic E-state index is 11.6. The Balaban J connectivity index is 0.00000112. The lowest BCUT2D eigenvalue weighted by atomic mass is 10.2. The van der Waals surface area contributed by atoms with Crippen molar-refractivity contribution in [3.63, 3.8) is 0 Å². The van der Waals surface area contributed by atoms with E-state index in [0.717, 1.165) is 6.54 Å². The molecule has 2 N–H and O–H groups in total. The van der Waals surface area contributed by atoms with Crippen LogP contribution in [0.15, 0.2) is 11.6 Å². The molecular weight excluding hydrogens is 238 g/mol. The first-order valence-electron chi connectivity index (χ1n) is 4.38. The number of anilines is 1. The van der Waals surface area contributed by atoms with Crippen molar-refractivity contribution in [2.45, 2.75) is 6.04 Å². The van der Waals surface area contributed by atoms with Crippen LogP contribution in [-0.4, -0.2) is 36.7 Å². The first-order chi connectivity index (χ1) is 6.86. The van der Waals surface area contributed by atoms with Gasteiger partial charge in [-0.2, -0.15) is 0 Å². The second-order valence-electron chi connectivity index (χ2n) is 2.91. The van der Waals surface area contributed by atoms with E-state index in [4.69, 9.17) is 4.74 Å². The minimum atomic E-state index is -0.257. The van der Waals surface area contributed by atoms with Crippen LogP contribution in [0.25, 0.3) is 0 Å². The number of hydrogen-bond acceptors (Lipinski definition) is 5. The maximum Gasteiger partial charge on any atom is 0.245 e. The third-order valence-corrected chi connectivity index (χ3v) is 2.59. The van der Waals surface area contributed by atoms with Gasteiger partial charge < -0.3 is 15.4 Å². The fourth-order valence-corrected chi connectivity index (χ4v) is 1.74. The Bertz CT molecular complexity index is 301. The molecule has 15 heavy (non-hydrogen) atoms. The second-order valence-corrected chi connectivity index (χ2v) is 3.80. The van der Waals surface area contributed by atoms with E-state index in [-0.39, 0.29) is 24.4 Å². The predicted molar refractivity (Wildman–Crippen MR) is 60.6 cm³/mol. The fourth-order valence-electron chi connectivity index (χ4n) is 1.21. The molecule has 0 aromatic carbocycles. The summed E-state index contributed by atoms with van der Waals surface area (Å²) in [6.45, 7) is 1.81. The molecule has 1 aliphatic rings. The molecule has 1 aromatic heterocycles. The summed E-state index contributed by atoms with van der Waals surface area (Å²) in [5.41, 5.74) is 0. The fraction of sp³-hybridized carbons (Fsp3) is 0.500. The minimum absolute atomic E-state index is 0. The molecule has 1 aliphatic heterocycles. The Hall–Kier alpha value is -0.690. The van der Waals surface area contributed by atoms with Crippen LogP contribution in [-0.2, 0) is 9.53 Å². The van der Waals surface area contributed by atoms with Gasteiger partial charge in [0.2, 0.25) is 5.91 Å². The monoisotopic (exact) mass is 249 g/mol. The first-order valence-corrected chi connectivity index (χ1v) is 5.26. The molecule has 2 rings (SSSR count). The second kappa shape index (κ2) is 6.02. The molecular formula is C8H12ClN3O2S. The molecule has 0 radical (unpaired) electrons. The van der Waals surface area contributed by atoms with E-state index in [1.54, 1.807) is 6.20 Å². The summed E-state index contributed by atoms with van der Waals surface area (Å²) in [5.74, 6) is -0.0837. The number of rotatable bonds is 2. The molecule has 2 heterocycles. The molecule has 5 nitrogen and oxygen atoms in total. The Morgan fingerprint density at radius 1 is 1.73 bits per heavy atom. The van der Waals surface area contributed by atoms with Crippen molar-refractivity contribution in [3.05, 3.63) is 11.6 Å². The van der Waals surface area contributed by atoms with Crippen LogP contribution in [0, 0.1) is 0 Å². The Labute approximate surface area is 97.6 Å². The lowest BCUT2D eigenvalue weighted by Gasteiger charge is -2.22. The van der Waals surface area contributed by atoms with Gasteiger partial charge in [-0.15, -0.1) is 23.7 Å². The largest absolute Gasteiger partial charge is 0.378 e. The standard InChI is InChI=1S/C8H11N3O2S.ClH/c12-7(6-5-13-3-1-9-6)11-8-10-2-4-14-8;/h2,4,6,9H,1,3,5H2,(H,10,11,12);1H/t6-;/m1./s1. The summed E-state index contributed by atoms with van der Waals surface area (Å²) < 4.78 is 5.18. The first kappa shape index (κ1) is 12.4. The zero-order valence-electron chi connectivity index (χ0n) is 7.93. The third kappa shape index (κ3) is 3.42. The van der Waals surface area contributed by atoms with Crippen molar-refractivity contribution in [2.24, 2.45) is 0 Å². The Morgan fingerprint density at radius 3 is 3.20 bits per heavy atom. The highest BCUT2D eigenvalue weighted by atomic mass is 35.5. The zero-order valence-corrected chi connectivity index (χ0v) is 9.57. The van der Waals surface area contributed by atoms with Crippen LogP contribution in [0.3, 0.4) is 0 Å². The van der Waals surface area contributed by atoms with Crippen molar-refractivity contribution in [1.29, 1.82) is 0 Å². The van der Waals surface area contributed by atoms with Gasteiger partial charge in [-0.25, -0.2) is 4.98 Å². The summed E-state index contributed by atoms with van der Waals surface area (Å²) in [5, 5.41) is 8.24. The van der Waals surface area contributed by atoms with E-state index in [1.807, 2.05) is 5.38 Å². The number of nitrogens with one attached hydrogen (secondary N) is 2. The highest BCUT2D eigenvalue weighted by Crippen LogP contribution is 2.10. The van der Waals surface area contributed by atoms with Gasteiger partial charge in [0.1, 0.15) is 6.04 Å². The number of aromatic nitrogens is 1. The van der Waals surface area contributed by atoms with E-state index in [9.17, 15) is 4.79 Å². The molecule has 0 aliphatic carbocycles. The lowest BCUT2D eigenvalue weighted by Crippen LogP contribution is -2.48. The molecule has 1 fully saturated rings. The molecule has 1 aromatic rings. The van der Waals surface area contributed by atoms with Gasteiger partial charge in [0, 0.05) is 18.1 Å². The van der Waals surface area contributed by atoms with Crippen molar-refractivity contribution in [2.75, 3.05) is 25.1 Å². The summed E-state index contributed by atoms with van der Waals surface area (Å²) >= 11 is 1.40. The SMILES string of the molecule is Cl.O=C(Nc1nccs1)[C@H]1COCCN1. The normalized spacial score (nSPS) is 20.4. The van der Waals surface area contributed by atoms with Crippen LogP contribution in [0.5, 0.6) is 0 Å². The third-order valence-electron chi connectivity index (χ3n) is 1.90. The van der Waals surface area contributed by atoms with Gasteiger partial charge in [-0.1, -0.05) is 0 Å². The van der Waals surface area contributed by atoms with Crippen molar-refractivity contribution in [3.8, 4) is 0 Å². The van der Waals surface area contributed by atoms with Gasteiger partial charge in [-0.3, -0.25) is 4.79 Å². The molecule has 0 saturated carbocycles. The van der Waals surface area contributed by atoms with Gasteiger partial charge in [0.05, 0.1) is 13.2 Å². The van der Waals surface area contributed by atoms with Gasteiger partial charge in [0.25, 0.3) is 0 Å². The number of carbonyl (C=O) groups is 1. The van der Waals surface area contributed by atoms with Crippen LogP contribution in [0.1, 0.15) is 0 Å². The lowest BCUT2D eigenvalue weighted by molar-refractivity contribution is -0.120. The number of hydrogen-bond donors (Lipinski definition) is 2. The molecule has 84 valence electrons. The number of morpholine rings is 1. The number of halogens is 1. The molecule has 1 saturated heterocycles. The van der Waals surface area contributed by atoms with Crippen molar-refractivity contribution >= 4 is 34.8 Å². The quantitative estimate of drug-likeness (QED) is 0.801. The number of thiazole rings is 1.